The fourth-order valence-electron chi connectivity index (χ4n) is 2.11. The molecule has 1 unspecified atom stereocenters. The molecule has 2 nitrogen and oxygen atoms in total. The monoisotopic (exact) mass is 292 g/mol. The zero-order chi connectivity index (χ0) is 14.7. The van der Waals surface area contributed by atoms with Gasteiger partial charge in [-0.1, -0.05) is 29.8 Å². The fourth-order valence-corrected chi connectivity index (χ4v) is 2.24. The van der Waals surface area contributed by atoms with E-state index in [-0.39, 0.29) is 11.9 Å². The minimum atomic E-state index is -0.306. The van der Waals surface area contributed by atoms with Gasteiger partial charge in [0.1, 0.15) is 5.82 Å². The molecule has 2 N–H and O–H groups in total. The van der Waals surface area contributed by atoms with Crippen LogP contribution in [0.15, 0.2) is 42.5 Å². The molecule has 0 aromatic heterocycles. The maximum absolute atomic E-state index is 13.0. The summed E-state index contributed by atoms with van der Waals surface area (Å²) < 4.78 is 13.0. The van der Waals surface area contributed by atoms with Crippen LogP contribution in [0.25, 0.3) is 0 Å². The second kappa shape index (κ2) is 6.25. The highest BCUT2D eigenvalue weighted by molar-refractivity contribution is 6.30. The van der Waals surface area contributed by atoms with Crippen LogP contribution < -0.4 is 5.73 Å². The van der Waals surface area contributed by atoms with E-state index >= 15 is 0 Å². The minimum Gasteiger partial charge on any atom is -0.398 e. The summed E-state index contributed by atoms with van der Waals surface area (Å²) in [5.41, 5.74) is 8.43. The molecule has 0 radical (unpaired) electrons. The van der Waals surface area contributed by atoms with Crippen LogP contribution in [-0.4, -0.2) is 11.9 Å². The van der Waals surface area contributed by atoms with Crippen LogP contribution in [0.1, 0.15) is 24.1 Å². The average Bonchev–Trinajstić information content (AvgIpc) is 2.42. The third kappa shape index (κ3) is 3.50. The van der Waals surface area contributed by atoms with Gasteiger partial charge in [0.15, 0.2) is 0 Å². The summed E-state index contributed by atoms with van der Waals surface area (Å²) in [5, 5.41) is 0.728. The molecule has 4 heteroatoms. The number of anilines is 1. The van der Waals surface area contributed by atoms with E-state index in [4.69, 9.17) is 17.3 Å². The summed E-state index contributed by atoms with van der Waals surface area (Å²) in [6.45, 7) is 2.78. The van der Waals surface area contributed by atoms with Gasteiger partial charge < -0.3 is 5.73 Å². The molecule has 0 aliphatic heterocycles. The number of halogens is 2. The third-order valence-corrected chi connectivity index (χ3v) is 3.79. The van der Waals surface area contributed by atoms with Crippen LogP contribution in [-0.2, 0) is 6.54 Å². The van der Waals surface area contributed by atoms with Gasteiger partial charge in [-0.15, -0.1) is 0 Å². The van der Waals surface area contributed by atoms with Gasteiger partial charge in [0.25, 0.3) is 0 Å². The smallest absolute Gasteiger partial charge is 0.125 e. The van der Waals surface area contributed by atoms with Crippen molar-refractivity contribution in [1.29, 1.82) is 0 Å². The van der Waals surface area contributed by atoms with Crippen molar-refractivity contribution in [1.82, 2.24) is 4.90 Å². The van der Waals surface area contributed by atoms with Crippen LogP contribution in [0.3, 0.4) is 0 Å². The second-order valence-corrected chi connectivity index (χ2v) is 5.42. The maximum atomic E-state index is 13.0. The molecule has 0 aliphatic rings. The Labute approximate surface area is 124 Å². The Morgan fingerprint density at radius 3 is 2.45 bits per heavy atom. The Kier molecular flexibility index (Phi) is 4.63. The van der Waals surface area contributed by atoms with E-state index < -0.39 is 0 Å². The molecule has 0 bridgehead atoms. The normalized spacial score (nSPS) is 12.7. The predicted molar refractivity (Wildman–Crippen MR) is 82.1 cm³/mol. The zero-order valence-corrected chi connectivity index (χ0v) is 12.4. The first kappa shape index (κ1) is 14.8. The van der Waals surface area contributed by atoms with E-state index in [2.05, 4.69) is 11.8 Å². The molecule has 0 saturated carbocycles. The van der Waals surface area contributed by atoms with Crippen molar-refractivity contribution in [2.45, 2.75) is 19.5 Å². The Balaban J connectivity index is 2.11. The van der Waals surface area contributed by atoms with Crippen LogP contribution in [0.2, 0.25) is 5.02 Å². The summed E-state index contributed by atoms with van der Waals surface area (Å²) in [6.07, 6.45) is 0. The highest BCUT2D eigenvalue weighted by Crippen LogP contribution is 2.24. The van der Waals surface area contributed by atoms with Gasteiger partial charge in [-0.05, 0) is 49.4 Å². The van der Waals surface area contributed by atoms with Gasteiger partial charge >= 0.3 is 0 Å². The van der Waals surface area contributed by atoms with Crippen LogP contribution >= 0.6 is 11.6 Å². The summed E-state index contributed by atoms with van der Waals surface area (Å²) >= 11 is 5.90. The van der Waals surface area contributed by atoms with Gasteiger partial charge in [0.05, 0.1) is 0 Å². The topological polar surface area (TPSA) is 29.3 Å². The van der Waals surface area contributed by atoms with Gasteiger partial charge in [-0.25, -0.2) is 4.39 Å². The van der Waals surface area contributed by atoms with Gasteiger partial charge in [-0.2, -0.15) is 0 Å². The molecular formula is C16H18ClFN2. The SMILES string of the molecule is CC(c1ccc(Cl)cc1)N(C)Cc1ccc(F)cc1N. The second-order valence-electron chi connectivity index (χ2n) is 4.99. The quantitative estimate of drug-likeness (QED) is 0.854. The van der Waals surface area contributed by atoms with Crippen molar-refractivity contribution in [2.24, 2.45) is 0 Å². The lowest BCUT2D eigenvalue weighted by molar-refractivity contribution is 0.253. The van der Waals surface area contributed by atoms with E-state index in [1.165, 1.54) is 17.7 Å². The molecule has 0 heterocycles. The third-order valence-electron chi connectivity index (χ3n) is 3.54. The Morgan fingerprint density at radius 1 is 1.20 bits per heavy atom. The van der Waals surface area contributed by atoms with Crippen molar-refractivity contribution in [2.75, 3.05) is 12.8 Å². The fraction of sp³-hybridized carbons (Fsp3) is 0.250. The average molecular weight is 293 g/mol. The number of nitrogens with zero attached hydrogens (tertiary/aromatic N) is 1. The first-order chi connectivity index (χ1) is 9.47. The highest BCUT2D eigenvalue weighted by Gasteiger charge is 2.13. The molecule has 20 heavy (non-hydrogen) atoms. The molecule has 0 spiro atoms. The minimum absolute atomic E-state index is 0.219. The first-order valence-corrected chi connectivity index (χ1v) is 6.85. The molecule has 0 saturated heterocycles. The molecule has 1 atom stereocenters. The van der Waals surface area contributed by atoms with E-state index in [9.17, 15) is 4.39 Å². The van der Waals surface area contributed by atoms with Crippen LogP contribution in [0, 0.1) is 5.82 Å². The van der Waals surface area contributed by atoms with Crippen molar-refractivity contribution in [3.05, 3.63) is 64.4 Å². The van der Waals surface area contributed by atoms with Gasteiger partial charge in [-0.3, -0.25) is 4.90 Å². The lowest BCUT2D eigenvalue weighted by Crippen LogP contribution is -2.22. The van der Waals surface area contributed by atoms with Crippen molar-refractivity contribution < 1.29 is 4.39 Å². The summed E-state index contributed by atoms with van der Waals surface area (Å²) in [4.78, 5) is 2.16. The van der Waals surface area contributed by atoms with E-state index in [0.717, 1.165) is 10.6 Å². The summed E-state index contributed by atoms with van der Waals surface area (Å²) in [5.74, 6) is -0.306. The number of benzene rings is 2. The molecule has 0 aliphatic carbocycles. The summed E-state index contributed by atoms with van der Waals surface area (Å²) in [6, 6.07) is 12.5. The van der Waals surface area contributed by atoms with E-state index in [0.29, 0.717) is 12.2 Å². The van der Waals surface area contributed by atoms with Gasteiger partial charge in [0.2, 0.25) is 0 Å². The molecule has 0 fully saturated rings. The predicted octanol–water partition coefficient (Wildman–Crippen LogP) is 4.25. The molecule has 106 valence electrons. The number of hydrogen-bond acceptors (Lipinski definition) is 2. The molecule has 2 aromatic carbocycles. The highest BCUT2D eigenvalue weighted by atomic mass is 35.5. The number of hydrogen-bond donors (Lipinski definition) is 1. The standard InChI is InChI=1S/C16H18ClFN2/c1-11(12-3-6-14(17)7-4-12)20(2)10-13-5-8-15(18)9-16(13)19/h3-9,11H,10,19H2,1-2H3. The van der Waals surface area contributed by atoms with Gasteiger partial charge in [0, 0.05) is 23.3 Å². The molecule has 2 rings (SSSR count). The van der Waals surface area contributed by atoms with E-state index in [1.807, 2.05) is 31.3 Å². The lowest BCUT2D eigenvalue weighted by atomic mass is 10.1. The molecule has 2 aromatic rings. The summed E-state index contributed by atoms with van der Waals surface area (Å²) in [7, 11) is 2.02. The van der Waals surface area contributed by atoms with E-state index in [1.54, 1.807) is 6.07 Å². The largest absolute Gasteiger partial charge is 0.398 e. The molecule has 0 amide bonds. The number of rotatable bonds is 4. The Bertz CT molecular complexity index is 584. The Hall–Kier alpha value is -1.58. The zero-order valence-electron chi connectivity index (χ0n) is 11.6. The number of nitrogens with two attached hydrogens (primary N) is 1. The first-order valence-electron chi connectivity index (χ1n) is 6.47. The Morgan fingerprint density at radius 2 is 1.85 bits per heavy atom. The van der Waals surface area contributed by atoms with Crippen molar-refractivity contribution >= 4 is 17.3 Å². The molecular weight excluding hydrogens is 275 g/mol. The number of nitrogen functional groups attached to an aromatic ring is 1. The van der Waals surface area contributed by atoms with Crippen LogP contribution in [0.5, 0.6) is 0 Å². The maximum Gasteiger partial charge on any atom is 0.125 e. The van der Waals surface area contributed by atoms with Crippen molar-refractivity contribution in [3.63, 3.8) is 0 Å². The van der Waals surface area contributed by atoms with Crippen LogP contribution in [0.4, 0.5) is 10.1 Å². The lowest BCUT2D eigenvalue weighted by Gasteiger charge is -2.25. The van der Waals surface area contributed by atoms with Crippen molar-refractivity contribution in [3.8, 4) is 0 Å².